The Labute approximate surface area is 169 Å². The number of imide groups is 1. The van der Waals surface area contributed by atoms with Crippen LogP contribution in [0.1, 0.15) is 59.7 Å². The standard InChI is InChI=1S/C23H23NO5/c1-15(23(27)29-17-7-3-2-4-8-17)28-18-13-11-16(12-14-18)24-21(25)19-9-5-6-10-20(19)22(24)26/h5-6,9-15,17H,2-4,7-8H2,1H3/t15-/m1/s1. The minimum atomic E-state index is -0.734. The quantitative estimate of drug-likeness (QED) is 0.564. The van der Waals surface area contributed by atoms with Crippen molar-refractivity contribution < 1.29 is 23.9 Å². The van der Waals surface area contributed by atoms with Gasteiger partial charge < -0.3 is 9.47 Å². The fourth-order valence-corrected chi connectivity index (χ4v) is 3.79. The van der Waals surface area contributed by atoms with Crippen molar-refractivity contribution in [2.24, 2.45) is 0 Å². The average Bonchev–Trinajstić information content (AvgIpc) is 3.00. The zero-order valence-electron chi connectivity index (χ0n) is 16.3. The minimum absolute atomic E-state index is 0.0153. The van der Waals surface area contributed by atoms with Crippen LogP contribution in [0.5, 0.6) is 5.75 Å². The number of benzene rings is 2. The lowest BCUT2D eigenvalue weighted by Gasteiger charge is -2.23. The number of amides is 2. The summed E-state index contributed by atoms with van der Waals surface area (Å²) in [7, 11) is 0. The largest absolute Gasteiger partial charge is 0.479 e. The molecule has 1 saturated carbocycles. The molecule has 1 aliphatic carbocycles. The lowest BCUT2D eigenvalue weighted by molar-refractivity contribution is -0.158. The Balaban J connectivity index is 1.40. The van der Waals surface area contributed by atoms with Crippen molar-refractivity contribution in [3.05, 3.63) is 59.7 Å². The molecule has 2 amide bonds. The van der Waals surface area contributed by atoms with Crippen LogP contribution in [0.2, 0.25) is 0 Å². The van der Waals surface area contributed by atoms with Gasteiger partial charge in [-0.2, -0.15) is 0 Å². The molecule has 1 heterocycles. The molecule has 2 aliphatic rings. The van der Waals surface area contributed by atoms with Gasteiger partial charge in [0.15, 0.2) is 6.10 Å². The predicted octanol–water partition coefficient (Wildman–Crippen LogP) is 4.13. The van der Waals surface area contributed by atoms with Crippen molar-refractivity contribution in [3.63, 3.8) is 0 Å². The molecule has 0 aromatic heterocycles. The molecule has 6 nitrogen and oxygen atoms in total. The number of rotatable bonds is 5. The van der Waals surface area contributed by atoms with Crippen LogP contribution in [0.25, 0.3) is 0 Å². The average molecular weight is 393 g/mol. The number of anilines is 1. The molecule has 150 valence electrons. The van der Waals surface area contributed by atoms with E-state index in [1.807, 2.05) is 0 Å². The lowest BCUT2D eigenvalue weighted by atomic mass is 9.98. The van der Waals surface area contributed by atoms with E-state index in [4.69, 9.17) is 9.47 Å². The maximum Gasteiger partial charge on any atom is 0.347 e. The second-order valence-electron chi connectivity index (χ2n) is 7.44. The first kappa shape index (κ1) is 19.2. The first-order valence-corrected chi connectivity index (χ1v) is 9.99. The van der Waals surface area contributed by atoms with Crippen molar-refractivity contribution >= 4 is 23.5 Å². The first-order chi connectivity index (χ1) is 14.0. The number of carbonyl (C=O) groups is 3. The number of hydrogen-bond donors (Lipinski definition) is 0. The van der Waals surface area contributed by atoms with E-state index < -0.39 is 6.10 Å². The molecule has 0 bridgehead atoms. The van der Waals surface area contributed by atoms with Crippen LogP contribution in [-0.4, -0.2) is 30.0 Å². The number of nitrogens with zero attached hydrogens (tertiary/aromatic N) is 1. The topological polar surface area (TPSA) is 72.9 Å². The van der Waals surface area contributed by atoms with Crippen molar-refractivity contribution in [1.82, 2.24) is 0 Å². The van der Waals surface area contributed by atoms with Crippen LogP contribution >= 0.6 is 0 Å². The van der Waals surface area contributed by atoms with Crippen molar-refractivity contribution in [2.75, 3.05) is 4.90 Å². The molecule has 0 unspecified atom stereocenters. The molecular weight excluding hydrogens is 370 g/mol. The monoisotopic (exact) mass is 393 g/mol. The molecule has 0 radical (unpaired) electrons. The summed E-state index contributed by atoms with van der Waals surface area (Å²) in [4.78, 5) is 38.5. The Morgan fingerprint density at radius 3 is 2.10 bits per heavy atom. The highest BCUT2D eigenvalue weighted by Crippen LogP contribution is 2.29. The molecule has 4 rings (SSSR count). The normalized spacial score (nSPS) is 17.8. The van der Waals surface area contributed by atoms with Crippen molar-refractivity contribution in [2.45, 2.75) is 51.2 Å². The van der Waals surface area contributed by atoms with Gasteiger partial charge in [-0.3, -0.25) is 9.59 Å². The number of esters is 1. The number of hydrogen-bond acceptors (Lipinski definition) is 5. The maximum atomic E-state index is 12.6. The van der Waals surface area contributed by atoms with Gasteiger partial charge in [0.2, 0.25) is 0 Å². The minimum Gasteiger partial charge on any atom is -0.479 e. The molecule has 2 aromatic rings. The van der Waals surface area contributed by atoms with Crippen LogP contribution in [0.3, 0.4) is 0 Å². The number of fused-ring (bicyclic) bond motifs is 1. The highest BCUT2D eigenvalue weighted by Gasteiger charge is 2.36. The van der Waals surface area contributed by atoms with E-state index >= 15 is 0 Å². The number of ether oxygens (including phenoxy) is 2. The summed E-state index contributed by atoms with van der Waals surface area (Å²) in [5.41, 5.74) is 1.26. The van der Waals surface area contributed by atoms with E-state index in [1.165, 1.54) is 6.42 Å². The van der Waals surface area contributed by atoms with Gasteiger partial charge in [0.05, 0.1) is 16.8 Å². The summed E-state index contributed by atoms with van der Waals surface area (Å²) in [5, 5.41) is 0. The van der Waals surface area contributed by atoms with Gasteiger partial charge in [-0.05, 0) is 69.0 Å². The summed E-state index contributed by atoms with van der Waals surface area (Å²) in [6.45, 7) is 1.66. The first-order valence-electron chi connectivity index (χ1n) is 9.99. The van der Waals surface area contributed by atoms with Crippen molar-refractivity contribution in [3.8, 4) is 5.75 Å². The molecule has 1 fully saturated rings. The fraction of sp³-hybridized carbons (Fsp3) is 0.348. The van der Waals surface area contributed by atoms with E-state index in [1.54, 1.807) is 55.5 Å². The van der Waals surface area contributed by atoms with E-state index in [0.29, 0.717) is 22.6 Å². The Morgan fingerprint density at radius 1 is 0.931 bits per heavy atom. The third-order valence-corrected chi connectivity index (χ3v) is 5.37. The van der Waals surface area contributed by atoms with Gasteiger partial charge in [-0.25, -0.2) is 9.69 Å². The van der Waals surface area contributed by atoms with Gasteiger partial charge >= 0.3 is 5.97 Å². The van der Waals surface area contributed by atoms with Crippen LogP contribution < -0.4 is 9.64 Å². The molecular formula is C23H23NO5. The van der Waals surface area contributed by atoms with Gasteiger partial charge in [0.25, 0.3) is 11.8 Å². The van der Waals surface area contributed by atoms with Crippen molar-refractivity contribution in [1.29, 1.82) is 0 Å². The summed E-state index contributed by atoms with van der Waals surface area (Å²) in [6, 6.07) is 13.3. The highest BCUT2D eigenvalue weighted by atomic mass is 16.6. The molecule has 0 N–H and O–H groups in total. The zero-order chi connectivity index (χ0) is 20.4. The predicted molar refractivity (Wildman–Crippen MR) is 107 cm³/mol. The molecule has 0 spiro atoms. The van der Waals surface area contributed by atoms with Gasteiger partial charge in [-0.1, -0.05) is 18.6 Å². The van der Waals surface area contributed by atoms with E-state index in [9.17, 15) is 14.4 Å². The maximum absolute atomic E-state index is 12.6. The zero-order valence-corrected chi connectivity index (χ0v) is 16.3. The van der Waals surface area contributed by atoms with E-state index in [-0.39, 0.29) is 23.9 Å². The van der Waals surface area contributed by atoms with Gasteiger partial charge in [0.1, 0.15) is 11.9 Å². The van der Waals surface area contributed by atoms with Crippen LogP contribution in [-0.2, 0) is 9.53 Å². The molecule has 1 aliphatic heterocycles. The van der Waals surface area contributed by atoms with Gasteiger partial charge in [0, 0.05) is 0 Å². The molecule has 1 atom stereocenters. The Hall–Kier alpha value is -3.15. The molecule has 6 heteroatoms. The van der Waals surface area contributed by atoms with Crippen LogP contribution in [0.4, 0.5) is 5.69 Å². The second-order valence-corrected chi connectivity index (χ2v) is 7.44. The second kappa shape index (κ2) is 8.07. The summed E-state index contributed by atoms with van der Waals surface area (Å²) in [6.07, 6.45) is 4.44. The Morgan fingerprint density at radius 2 is 1.52 bits per heavy atom. The van der Waals surface area contributed by atoms with Gasteiger partial charge in [-0.15, -0.1) is 0 Å². The smallest absolute Gasteiger partial charge is 0.347 e. The third-order valence-electron chi connectivity index (χ3n) is 5.37. The number of carbonyl (C=O) groups excluding carboxylic acids is 3. The van der Waals surface area contributed by atoms with Crippen LogP contribution in [0, 0.1) is 0 Å². The van der Waals surface area contributed by atoms with Crippen LogP contribution in [0.15, 0.2) is 48.5 Å². The summed E-state index contributed by atoms with van der Waals surface area (Å²) in [5.74, 6) is -0.591. The summed E-state index contributed by atoms with van der Waals surface area (Å²) >= 11 is 0. The Bertz CT molecular complexity index is 896. The Kier molecular flexibility index (Phi) is 5.34. The SMILES string of the molecule is C[C@@H](Oc1ccc(N2C(=O)c3ccccc3C2=O)cc1)C(=O)OC1CCCCC1. The fourth-order valence-electron chi connectivity index (χ4n) is 3.79. The highest BCUT2D eigenvalue weighted by molar-refractivity contribution is 6.34. The van der Waals surface area contributed by atoms with E-state index in [0.717, 1.165) is 30.6 Å². The lowest BCUT2D eigenvalue weighted by Crippen LogP contribution is -2.31. The molecule has 0 saturated heterocycles. The third kappa shape index (κ3) is 3.88. The molecule has 29 heavy (non-hydrogen) atoms. The summed E-state index contributed by atoms with van der Waals surface area (Å²) < 4.78 is 11.2. The molecule has 2 aromatic carbocycles. The van der Waals surface area contributed by atoms with E-state index in [2.05, 4.69) is 0 Å².